The van der Waals surface area contributed by atoms with Crippen molar-refractivity contribution in [3.8, 4) is 0 Å². The largest absolute Gasteiger partial charge is 0.394 e. The molecule has 2 fully saturated rings. The van der Waals surface area contributed by atoms with Crippen molar-refractivity contribution in [2.75, 3.05) is 26.2 Å². The minimum atomic E-state index is -0.839. The second-order valence-corrected chi connectivity index (χ2v) is 14.4. The van der Waals surface area contributed by atoms with Crippen LogP contribution in [0.1, 0.15) is 67.7 Å². The molecule has 4 heterocycles. The van der Waals surface area contributed by atoms with Crippen molar-refractivity contribution < 1.29 is 19.5 Å². The lowest BCUT2D eigenvalue weighted by Crippen LogP contribution is -2.60. The van der Waals surface area contributed by atoms with E-state index in [2.05, 4.69) is 53.7 Å². The Bertz CT molecular complexity index is 982. The maximum atomic E-state index is 14.6. The molecule has 2 saturated heterocycles. The molecule has 0 radical (unpaired) electrons. The van der Waals surface area contributed by atoms with Crippen LogP contribution in [0.3, 0.4) is 0 Å². The molecule has 1 unspecified atom stereocenters. The van der Waals surface area contributed by atoms with E-state index < -0.39 is 34.2 Å². The van der Waals surface area contributed by atoms with Crippen molar-refractivity contribution in [3.63, 3.8) is 0 Å². The van der Waals surface area contributed by atoms with Crippen LogP contribution in [0.5, 0.6) is 0 Å². The second kappa shape index (κ2) is 10.1. The maximum Gasteiger partial charge on any atom is 0.247 e. The molecule has 7 nitrogen and oxygen atoms in total. The van der Waals surface area contributed by atoms with Crippen LogP contribution in [-0.2, 0) is 14.4 Å². The number of aliphatic hydroxyl groups is 1. The third-order valence-electron chi connectivity index (χ3n) is 8.44. The van der Waals surface area contributed by atoms with E-state index in [1.54, 1.807) is 16.7 Å². The summed E-state index contributed by atoms with van der Waals surface area (Å²) < 4.78 is -0.839. The summed E-state index contributed by atoms with van der Waals surface area (Å²) in [4.78, 5) is 48.2. The summed E-state index contributed by atoms with van der Waals surface area (Å²) in [6.07, 6.45) is 10.4. The van der Waals surface area contributed by atoms with Gasteiger partial charge in [-0.15, -0.1) is 11.8 Å². The SMILES string of the molecule is CCCN1CC=C[C@H]2S[C@]34C=CCN(C(C)(C)CC(C)(C)C)C(=O)C3N([C@@H](CC)CO)C(=O)[C@@H]4[C@H]2C1=O. The number of likely N-dealkylation sites (tertiary alicyclic amines) is 1. The van der Waals surface area contributed by atoms with Crippen molar-refractivity contribution in [2.24, 2.45) is 17.3 Å². The summed E-state index contributed by atoms with van der Waals surface area (Å²) in [5, 5.41) is 10.1. The van der Waals surface area contributed by atoms with Crippen LogP contribution in [0.15, 0.2) is 24.3 Å². The number of carbonyl (C=O) groups is 3. The van der Waals surface area contributed by atoms with Gasteiger partial charge in [0.15, 0.2) is 0 Å². The highest BCUT2D eigenvalue weighted by Gasteiger charge is 2.72. The summed E-state index contributed by atoms with van der Waals surface area (Å²) >= 11 is 1.61. The predicted octanol–water partition coefficient (Wildman–Crippen LogP) is 3.48. The van der Waals surface area contributed by atoms with E-state index in [9.17, 15) is 19.5 Å². The van der Waals surface area contributed by atoms with Crippen molar-refractivity contribution in [1.82, 2.24) is 14.7 Å². The number of hydrogen-bond acceptors (Lipinski definition) is 5. The fourth-order valence-corrected chi connectivity index (χ4v) is 9.34. The smallest absolute Gasteiger partial charge is 0.247 e. The van der Waals surface area contributed by atoms with Gasteiger partial charge in [-0.1, -0.05) is 58.9 Å². The van der Waals surface area contributed by atoms with Crippen LogP contribution >= 0.6 is 11.8 Å². The Morgan fingerprint density at radius 3 is 2.35 bits per heavy atom. The number of nitrogens with zero attached hydrogens (tertiary/aromatic N) is 3. The minimum absolute atomic E-state index is 0.00670. The molecule has 4 aliphatic rings. The number of fused-ring (bicyclic) bond motifs is 2. The molecule has 4 aliphatic heterocycles. The molecule has 4 rings (SSSR count). The molecule has 0 aliphatic carbocycles. The van der Waals surface area contributed by atoms with Gasteiger partial charge in [-0.2, -0.15) is 0 Å². The van der Waals surface area contributed by atoms with Crippen LogP contribution < -0.4 is 0 Å². The zero-order valence-electron chi connectivity index (χ0n) is 23.6. The minimum Gasteiger partial charge on any atom is -0.394 e. The van der Waals surface area contributed by atoms with Crippen molar-refractivity contribution >= 4 is 29.5 Å². The number of aliphatic hydroxyl groups excluding tert-OH is 1. The van der Waals surface area contributed by atoms with Gasteiger partial charge in [0.05, 0.1) is 29.2 Å². The van der Waals surface area contributed by atoms with E-state index in [0.717, 1.165) is 12.8 Å². The van der Waals surface area contributed by atoms with Crippen molar-refractivity contribution in [3.05, 3.63) is 24.3 Å². The average Bonchev–Trinajstić information content (AvgIpc) is 3.11. The Morgan fingerprint density at radius 1 is 1.05 bits per heavy atom. The first-order valence-electron chi connectivity index (χ1n) is 13.9. The molecule has 0 saturated carbocycles. The van der Waals surface area contributed by atoms with Crippen molar-refractivity contribution in [1.29, 1.82) is 0 Å². The van der Waals surface area contributed by atoms with E-state index >= 15 is 0 Å². The monoisotopic (exact) mass is 531 g/mol. The molecule has 6 atom stereocenters. The highest BCUT2D eigenvalue weighted by molar-refractivity contribution is 8.02. The molecule has 3 amide bonds. The molecule has 206 valence electrons. The molecule has 8 heteroatoms. The first-order valence-corrected chi connectivity index (χ1v) is 14.8. The van der Waals surface area contributed by atoms with Gasteiger partial charge in [-0.3, -0.25) is 14.4 Å². The fraction of sp³-hybridized carbons (Fsp3) is 0.759. The van der Waals surface area contributed by atoms with E-state index in [-0.39, 0.29) is 35.0 Å². The number of amides is 3. The zero-order valence-corrected chi connectivity index (χ0v) is 24.4. The van der Waals surface area contributed by atoms with Gasteiger partial charge in [-0.05, 0) is 38.5 Å². The van der Waals surface area contributed by atoms with Gasteiger partial charge in [0.2, 0.25) is 17.7 Å². The van der Waals surface area contributed by atoms with Crippen LogP contribution in [0.2, 0.25) is 0 Å². The Balaban J connectivity index is 1.83. The summed E-state index contributed by atoms with van der Waals surface area (Å²) in [6.45, 7) is 16.2. The normalized spacial score (nSPS) is 32.9. The van der Waals surface area contributed by atoms with Gasteiger partial charge in [0.25, 0.3) is 0 Å². The lowest BCUT2D eigenvalue weighted by molar-refractivity contribution is -0.149. The fourth-order valence-electron chi connectivity index (χ4n) is 7.34. The molecule has 0 bridgehead atoms. The molecule has 37 heavy (non-hydrogen) atoms. The summed E-state index contributed by atoms with van der Waals surface area (Å²) in [6, 6.07) is -1.22. The second-order valence-electron chi connectivity index (χ2n) is 12.9. The quantitative estimate of drug-likeness (QED) is 0.509. The highest BCUT2D eigenvalue weighted by Crippen LogP contribution is 2.61. The molecule has 0 aromatic carbocycles. The lowest BCUT2D eigenvalue weighted by atomic mass is 9.77. The Morgan fingerprint density at radius 2 is 1.76 bits per heavy atom. The van der Waals surface area contributed by atoms with E-state index in [1.165, 1.54) is 0 Å². The first-order chi connectivity index (χ1) is 17.3. The predicted molar refractivity (Wildman–Crippen MR) is 148 cm³/mol. The Kier molecular flexibility index (Phi) is 7.67. The summed E-state index contributed by atoms with van der Waals surface area (Å²) in [5.41, 5.74) is -0.419. The molecule has 0 aromatic heterocycles. The van der Waals surface area contributed by atoms with Crippen LogP contribution in [0, 0.1) is 17.3 Å². The van der Waals surface area contributed by atoms with E-state index in [4.69, 9.17) is 0 Å². The molecule has 0 aromatic rings. The number of carbonyl (C=O) groups excluding carboxylic acids is 3. The van der Waals surface area contributed by atoms with Crippen LogP contribution in [0.4, 0.5) is 0 Å². The van der Waals surface area contributed by atoms with Gasteiger partial charge < -0.3 is 19.8 Å². The summed E-state index contributed by atoms with van der Waals surface area (Å²) in [7, 11) is 0. The zero-order chi connectivity index (χ0) is 27.3. The van der Waals surface area contributed by atoms with Gasteiger partial charge >= 0.3 is 0 Å². The number of hydrogen-bond donors (Lipinski definition) is 1. The average molecular weight is 532 g/mol. The van der Waals surface area contributed by atoms with E-state index in [0.29, 0.717) is 26.1 Å². The summed E-state index contributed by atoms with van der Waals surface area (Å²) in [5.74, 6) is -1.38. The molecular formula is C29H45N3O4S. The van der Waals surface area contributed by atoms with Gasteiger partial charge in [0.1, 0.15) is 6.04 Å². The third-order valence-corrected chi connectivity index (χ3v) is 10.2. The van der Waals surface area contributed by atoms with Crippen LogP contribution in [0.25, 0.3) is 0 Å². The standard InChI is InChI=1S/C29H45N3O4S/c1-8-14-30-15-10-12-20-21(24(30)34)22-25(35)32(19(9-2)17-33)23-26(36)31(16-11-13-29(22,23)37-20)28(6,7)18-27(3,4)5/h10-13,19-23,33H,8-9,14-18H2,1-7H3/t19-,20+,21-,22-,23?,29-/m0/s1. The highest BCUT2D eigenvalue weighted by atomic mass is 32.2. The Hall–Kier alpha value is -1.80. The third kappa shape index (κ3) is 4.66. The van der Waals surface area contributed by atoms with Gasteiger partial charge in [-0.25, -0.2) is 0 Å². The van der Waals surface area contributed by atoms with Crippen molar-refractivity contribution in [2.45, 2.75) is 95.3 Å². The van der Waals surface area contributed by atoms with E-state index in [1.807, 2.05) is 28.9 Å². The first kappa shape index (κ1) is 28.2. The molecular weight excluding hydrogens is 486 g/mol. The molecule has 1 N–H and O–H groups in total. The van der Waals surface area contributed by atoms with Crippen LogP contribution in [-0.4, -0.2) is 91.4 Å². The Labute approximate surface area is 226 Å². The molecule has 1 spiro atoms. The maximum absolute atomic E-state index is 14.6. The number of rotatable bonds is 7. The van der Waals surface area contributed by atoms with Gasteiger partial charge in [0, 0.05) is 30.4 Å². The topological polar surface area (TPSA) is 81.2 Å². The number of thioether (sulfide) groups is 1. The lowest BCUT2D eigenvalue weighted by Gasteiger charge is -2.45.